The molecule has 0 aromatic heterocycles. The van der Waals surface area contributed by atoms with Crippen molar-refractivity contribution in [3.8, 4) is 0 Å². The molecule has 6 nitrogen and oxygen atoms in total. The van der Waals surface area contributed by atoms with Gasteiger partial charge in [-0.2, -0.15) is 0 Å². The van der Waals surface area contributed by atoms with Gasteiger partial charge in [0.25, 0.3) is 0 Å². The molecule has 0 N–H and O–H groups in total. The fourth-order valence-corrected chi connectivity index (χ4v) is 8.41. The Hall–Kier alpha value is -1.11. The van der Waals surface area contributed by atoms with Crippen LogP contribution in [-0.4, -0.2) is 67.7 Å². The Bertz CT molecular complexity index is 702. The van der Waals surface area contributed by atoms with Gasteiger partial charge in [-0.3, -0.25) is 9.59 Å². The zero-order chi connectivity index (χ0) is 20.1. The van der Waals surface area contributed by atoms with Crippen molar-refractivity contribution in [3.05, 3.63) is 0 Å². The first-order valence-corrected chi connectivity index (χ1v) is 12.8. The lowest BCUT2D eigenvalue weighted by molar-refractivity contribution is -0.160. The van der Waals surface area contributed by atoms with E-state index in [0.717, 1.165) is 37.0 Å². The van der Waals surface area contributed by atoms with Crippen molar-refractivity contribution in [3.63, 3.8) is 0 Å². The molecule has 0 aromatic rings. The molecule has 5 fully saturated rings. The van der Waals surface area contributed by atoms with Crippen molar-refractivity contribution in [1.29, 1.82) is 0 Å². The Morgan fingerprint density at radius 2 is 1.36 bits per heavy atom. The molecule has 0 spiro atoms. The lowest BCUT2D eigenvalue weighted by Gasteiger charge is -2.57. The average molecular weight is 411 g/mol. The predicted molar refractivity (Wildman–Crippen MR) is 107 cm³/mol. The number of rotatable bonds is 5. The largest absolute Gasteiger partial charge is 0.339 e. The molecule has 0 atom stereocenters. The summed E-state index contributed by atoms with van der Waals surface area (Å²) in [6.07, 6.45) is 7.14. The minimum Gasteiger partial charge on any atom is -0.339 e. The first kappa shape index (κ1) is 20.2. The van der Waals surface area contributed by atoms with Crippen LogP contribution in [0.4, 0.5) is 0 Å². The van der Waals surface area contributed by atoms with Gasteiger partial charge in [0.05, 0.1) is 11.2 Å². The molecule has 5 rings (SSSR count). The Morgan fingerprint density at radius 1 is 0.893 bits per heavy atom. The molecule has 1 heterocycles. The number of nitrogens with zero attached hydrogens (tertiary/aromatic N) is 2. The summed E-state index contributed by atoms with van der Waals surface area (Å²) in [5.41, 5.74) is -0.137. The molecule has 7 heteroatoms. The van der Waals surface area contributed by atoms with Gasteiger partial charge >= 0.3 is 0 Å². The van der Waals surface area contributed by atoms with Crippen molar-refractivity contribution in [2.24, 2.45) is 29.1 Å². The molecular formula is C21H34N2O4S. The minimum atomic E-state index is -3.36. The third kappa shape index (κ3) is 3.96. The normalized spacial score (nSPS) is 34.9. The maximum atomic E-state index is 13.4. The summed E-state index contributed by atoms with van der Waals surface area (Å²) in [5, 5.41) is 0. The van der Waals surface area contributed by atoms with Crippen molar-refractivity contribution in [2.45, 2.75) is 52.4 Å². The van der Waals surface area contributed by atoms with Crippen LogP contribution in [0.1, 0.15) is 52.4 Å². The van der Waals surface area contributed by atoms with E-state index >= 15 is 0 Å². The Kier molecular flexibility index (Phi) is 5.26. The summed E-state index contributed by atoms with van der Waals surface area (Å²) >= 11 is 0. The molecule has 158 valence electrons. The van der Waals surface area contributed by atoms with Gasteiger partial charge in [0.1, 0.15) is 5.75 Å². The topological polar surface area (TPSA) is 74.8 Å². The van der Waals surface area contributed by atoms with Gasteiger partial charge in [0, 0.05) is 26.2 Å². The third-order valence-electron chi connectivity index (χ3n) is 7.34. The van der Waals surface area contributed by atoms with Gasteiger partial charge in [-0.05, 0) is 62.2 Å². The number of carbonyl (C=O) groups is 2. The quantitative estimate of drug-likeness (QED) is 0.694. The molecule has 1 saturated heterocycles. The Balaban J connectivity index is 1.33. The number of hydrogen-bond donors (Lipinski definition) is 0. The molecule has 2 amide bonds. The molecule has 4 aliphatic carbocycles. The summed E-state index contributed by atoms with van der Waals surface area (Å²) in [4.78, 5) is 29.4. The monoisotopic (exact) mass is 410 g/mol. The molecule has 4 bridgehead atoms. The smallest absolute Gasteiger partial charge is 0.237 e. The summed E-state index contributed by atoms with van der Waals surface area (Å²) in [6, 6.07) is 0. The molecule has 0 unspecified atom stereocenters. The van der Waals surface area contributed by atoms with Crippen molar-refractivity contribution >= 4 is 21.7 Å². The van der Waals surface area contributed by atoms with Crippen LogP contribution < -0.4 is 0 Å². The van der Waals surface area contributed by atoms with E-state index in [4.69, 9.17) is 0 Å². The number of amides is 2. The van der Waals surface area contributed by atoms with Crippen molar-refractivity contribution in [2.75, 3.05) is 37.7 Å². The van der Waals surface area contributed by atoms with Gasteiger partial charge < -0.3 is 9.80 Å². The number of hydrogen-bond acceptors (Lipinski definition) is 4. The van der Waals surface area contributed by atoms with Gasteiger partial charge in [0.15, 0.2) is 9.84 Å². The fourth-order valence-electron chi connectivity index (χ4n) is 6.71. The van der Waals surface area contributed by atoms with Crippen LogP contribution in [0.15, 0.2) is 0 Å². The minimum absolute atomic E-state index is 0.0209. The van der Waals surface area contributed by atoms with E-state index in [1.54, 1.807) is 4.90 Å². The summed E-state index contributed by atoms with van der Waals surface area (Å²) in [6.45, 7) is 5.67. The number of sulfone groups is 1. The van der Waals surface area contributed by atoms with E-state index in [9.17, 15) is 18.0 Å². The molecule has 0 radical (unpaired) electrons. The molecule has 5 aliphatic rings. The highest BCUT2D eigenvalue weighted by Crippen LogP contribution is 2.60. The number of carbonyl (C=O) groups excluding carboxylic acids is 2. The standard InChI is InChI=1S/C21H34N2O4S/c1-15(2)13-28(26,27)14-19(24)22-3-5-23(6-4-22)20(25)21-10-16-7-17(11-21)9-18(8-16)12-21/h15-18H,3-14H2,1-2H3. The van der Waals surface area contributed by atoms with Crippen LogP contribution in [0, 0.1) is 29.1 Å². The van der Waals surface area contributed by atoms with Gasteiger partial charge in [0.2, 0.25) is 11.8 Å². The van der Waals surface area contributed by atoms with Crippen LogP contribution in [0.3, 0.4) is 0 Å². The van der Waals surface area contributed by atoms with E-state index in [1.807, 2.05) is 18.7 Å². The van der Waals surface area contributed by atoms with E-state index in [0.29, 0.717) is 32.1 Å². The van der Waals surface area contributed by atoms with Crippen LogP contribution in [-0.2, 0) is 19.4 Å². The molecule has 28 heavy (non-hydrogen) atoms. The van der Waals surface area contributed by atoms with E-state index in [-0.39, 0.29) is 23.0 Å². The van der Waals surface area contributed by atoms with Crippen molar-refractivity contribution in [1.82, 2.24) is 9.80 Å². The molecule has 0 aromatic carbocycles. The highest BCUT2D eigenvalue weighted by molar-refractivity contribution is 7.92. The maximum Gasteiger partial charge on any atom is 0.237 e. The summed E-state index contributed by atoms with van der Waals surface area (Å²) in [5.74, 6) is 1.87. The van der Waals surface area contributed by atoms with Crippen LogP contribution in [0.2, 0.25) is 0 Å². The Morgan fingerprint density at radius 3 is 1.82 bits per heavy atom. The maximum absolute atomic E-state index is 13.4. The Labute approximate surface area is 168 Å². The van der Waals surface area contributed by atoms with E-state index in [1.165, 1.54) is 19.3 Å². The first-order valence-electron chi connectivity index (χ1n) is 10.9. The van der Waals surface area contributed by atoms with Crippen LogP contribution >= 0.6 is 0 Å². The summed E-state index contributed by atoms with van der Waals surface area (Å²) in [7, 11) is -3.36. The molecule has 1 aliphatic heterocycles. The van der Waals surface area contributed by atoms with E-state index < -0.39 is 15.6 Å². The van der Waals surface area contributed by atoms with Crippen LogP contribution in [0.5, 0.6) is 0 Å². The third-order valence-corrected chi connectivity index (χ3v) is 9.20. The second-order valence-corrected chi connectivity index (χ2v) is 12.4. The predicted octanol–water partition coefficient (Wildman–Crippen LogP) is 1.94. The first-order chi connectivity index (χ1) is 13.2. The second kappa shape index (κ2) is 7.29. The average Bonchev–Trinajstić information content (AvgIpc) is 2.58. The fraction of sp³-hybridized carbons (Fsp3) is 0.905. The molecular weight excluding hydrogens is 376 g/mol. The van der Waals surface area contributed by atoms with Gasteiger partial charge in [-0.15, -0.1) is 0 Å². The highest BCUT2D eigenvalue weighted by Gasteiger charge is 2.55. The zero-order valence-electron chi connectivity index (χ0n) is 17.2. The van der Waals surface area contributed by atoms with Gasteiger partial charge in [-0.1, -0.05) is 13.8 Å². The number of piperazine rings is 1. The zero-order valence-corrected chi connectivity index (χ0v) is 18.0. The highest BCUT2D eigenvalue weighted by atomic mass is 32.2. The van der Waals surface area contributed by atoms with Gasteiger partial charge in [-0.25, -0.2) is 8.42 Å². The molecule has 4 saturated carbocycles. The van der Waals surface area contributed by atoms with Crippen LogP contribution in [0.25, 0.3) is 0 Å². The SMILES string of the molecule is CC(C)CS(=O)(=O)CC(=O)N1CCN(C(=O)C23CC4CC(CC(C4)C2)C3)CC1. The summed E-state index contributed by atoms with van der Waals surface area (Å²) < 4.78 is 24.2. The lowest BCUT2D eigenvalue weighted by atomic mass is 9.49. The second-order valence-electron chi connectivity index (χ2n) is 10.3. The van der Waals surface area contributed by atoms with Crippen molar-refractivity contribution < 1.29 is 18.0 Å². The lowest BCUT2D eigenvalue weighted by Crippen LogP contribution is -2.59. The van der Waals surface area contributed by atoms with E-state index in [2.05, 4.69) is 0 Å².